The number of rotatable bonds is 6. The molecule has 144 valence electrons. The maximum atomic E-state index is 12.6. The largest absolute Gasteiger partial charge is 0.495 e. The Hall–Kier alpha value is -3.45. The molecule has 2 N–H and O–H groups in total. The van der Waals surface area contributed by atoms with E-state index in [9.17, 15) is 9.59 Å². The second kappa shape index (κ2) is 8.49. The number of carbonyl (C=O) groups excluding carboxylic acids is 2. The van der Waals surface area contributed by atoms with Gasteiger partial charge in [0.15, 0.2) is 5.76 Å². The van der Waals surface area contributed by atoms with Crippen molar-refractivity contribution < 1.29 is 23.5 Å². The third-order valence-corrected chi connectivity index (χ3v) is 4.16. The number of amides is 2. The molecule has 3 aromatic rings. The molecule has 1 heterocycles. The van der Waals surface area contributed by atoms with E-state index in [1.54, 1.807) is 42.5 Å². The molecule has 0 radical (unpaired) electrons. The van der Waals surface area contributed by atoms with E-state index < -0.39 is 11.8 Å². The van der Waals surface area contributed by atoms with Crippen molar-refractivity contribution in [1.29, 1.82) is 0 Å². The predicted octanol–water partition coefficient (Wildman–Crippen LogP) is 4.45. The van der Waals surface area contributed by atoms with Gasteiger partial charge in [-0.15, -0.1) is 0 Å². The van der Waals surface area contributed by atoms with Crippen molar-refractivity contribution in [2.24, 2.45) is 0 Å². The second-order valence-corrected chi connectivity index (χ2v) is 6.06. The van der Waals surface area contributed by atoms with Crippen LogP contribution >= 0.6 is 11.6 Å². The van der Waals surface area contributed by atoms with Crippen LogP contribution < -0.4 is 20.1 Å². The Morgan fingerprint density at radius 2 is 1.68 bits per heavy atom. The molecule has 0 aliphatic carbocycles. The van der Waals surface area contributed by atoms with Crippen LogP contribution in [0.2, 0.25) is 5.02 Å². The summed E-state index contributed by atoms with van der Waals surface area (Å²) in [5.74, 6) is 0.281. The van der Waals surface area contributed by atoms with Gasteiger partial charge in [0.1, 0.15) is 11.5 Å². The maximum absolute atomic E-state index is 12.6. The van der Waals surface area contributed by atoms with Gasteiger partial charge in [-0.1, -0.05) is 11.6 Å². The Bertz CT molecular complexity index is 1000. The average Bonchev–Trinajstić information content (AvgIpc) is 3.23. The highest BCUT2D eigenvalue weighted by Crippen LogP contribution is 2.30. The summed E-state index contributed by atoms with van der Waals surface area (Å²) in [5, 5.41) is 5.77. The lowest BCUT2D eigenvalue weighted by Gasteiger charge is -2.13. The highest BCUT2D eigenvalue weighted by atomic mass is 35.5. The third-order valence-electron chi connectivity index (χ3n) is 3.86. The first kappa shape index (κ1) is 19.3. The minimum Gasteiger partial charge on any atom is -0.495 e. The van der Waals surface area contributed by atoms with Gasteiger partial charge in [0.25, 0.3) is 11.8 Å². The zero-order chi connectivity index (χ0) is 20.1. The topological polar surface area (TPSA) is 89.8 Å². The Morgan fingerprint density at radius 3 is 2.32 bits per heavy atom. The fourth-order valence-corrected chi connectivity index (χ4v) is 2.74. The minimum atomic E-state index is -0.408. The van der Waals surface area contributed by atoms with E-state index in [2.05, 4.69) is 10.6 Å². The summed E-state index contributed by atoms with van der Waals surface area (Å²) in [5.41, 5.74) is 1.19. The van der Waals surface area contributed by atoms with Crippen LogP contribution in [0, 0.1) is 0 Å². The molecule has 1 aromatic heterocycles. The molecule has 7 nitrogen and oxygen atoms in total. The van der Waals surface area contributed by atoms with E-state index in [0.717, 1.165) is 0 Å². The van der Waals surface area contributed by atoms with E-state index in [4.69, 9.17) is 25.5 Å². The number of carbonyl (C=O) groups is 2. The predicted molar refractivity (Wildman–Crippen MR) is 106 cm³/mol. The van der Waals surface area contributed by atoms with E-state index in [1.165, 1.54) is 26.5 Å². The molecule has 28 heavy (non-hydrogen) atoms. The van der Waals surface area contributed by atoms with Gasteiger partial charge in [0.2, 0.25) is 0 Å². The number of anilines is 2. The molecular weight excluding hydrogens is 384 g/mol. The Labute approximate surface area is 166 Å². The summed E-state index contributed by atoms with van der Waals surface area (Å²) >= 11 is 6.08. The van der Waals surface area contributed by atoms with Crippen LogP contribution in [0.15, 0.2) is 59.2 Å². The molecule has 0 aliphatic rings. The fraction of sp³-hybridized carbons (Fsp3) is 0.100. The quantitative estimate of drug-likeness (QED) is 0.637. The van der Waals surface area contributed by atoms with Crippen LogP contribution in [-0.2, 0) is 0 Å². The van der Waals surface area contributed by atoms with Gasteiger partial charge in [0, 0.05) is 11.3 Å². The molecule has 0 unspecified atom stereocenters. The summed E-state index contributed by atoms with van der Waals surface area (Å²) in [6.45, 7) is 0. The van der Waals surface area contributed by atoms with Crippen molar-refractivity contribution in [2.75, 3.05) is 24.9 Å². The van der Waals surface area contributed by atoms with Gasteiger partial charge >= 0.3 is 0 Å². The van der Waals surface area contributed by atoms with Crippen molar-refractivity contribution in [3.8, 4) is 11.5 Å². The van der Waals surface area contributed by atoms with Crippen LogP contribution in [-0.4, -0.2) is 26.0 Å². The molecular formula is C20H17ClN2O5. The fourth-order valence-electron chi connectivity index (χ4n) is 2.49. The second-order valence-electron chi connectivity index (χ2n) is 5.65. The highest BCUT2D eigenvalue weighted by Gasteiger charge is 2.14. The van der Waals surface area contributed by atoms with Crippen molar-refractivity contribution >= 4 is 34.8 Å². The molecule has 3 rings (SSSR count). The summed E-state index contributed by atoms with van der Waals surface area (Å²) < 4.78 is 15.4. The van der Waals surface area contributed by atoms with Gasteiger partial charge in [-0.2, -0.15) is 0 Å². The van der Waals surface area contributed by atoms with Crippen LogP contribution in [0.25, 0.3) is 0 Å². The van der Waals surface area contributed by atoms with Crippen molar-refractivity contribution in [3.05, 3.63) is 71.1 Å². The Balaban J connectivity index is 1.81. The highest BCUT2D eigenvalue weighted by molar-refractivity contribution is 6.32. The standard InChI is InChI=1S/C20H17ClN2O5/c1-26-16-7-5-12(10-14(16)21)19(24)23-15-11-13(6-8-17(15)27-2)22-20(25)18-4-3-9-28-18/h3-11H,1-2H3,(H,22,25)(H,23,24). The molecule has 0 aliphatic heterocycles. The lowest BCUT2D eigenvalue weighted by molar-refractivity contribution is 0.0995. The number of hydrogen-bond acceptors (Lipinski definition) is 5. The Kier molecular flexibility index (Phi) is 5.86. The van der Waals surface area contributed by atoms with Crippen LogP contribution in [0.1, 0.15) is 20.9 Å². The SMILES string of the molecule is COc1ccc(C(=O)Nc2cc(NC(=O)c3ccco3)ccc2OC)cc1Cl. The van der Waals surface area contributed by atoms with E-state index in [1.807, 2.05) is 0 Å². The van der Waals surface area contributed by atoms with Gasteiger partial charge in [-0.3, -0.25) is 9.59 Å². The summed E-state index contributed by atoms with van der Waals surface area (Å²) in [6, 6.07) is 12.7. The molecule has 0 fully saturated rings. The van der Waals surface area contributed by atoms with Gasteiger partial charge in [0.05, 0.1) is 31.2 Å². The van der Waals surface area contributed by atoms with E-state index in [-0.39, 0.29) is 5.76 Å². The molecule has 0 spiro atoms. The first-order chi connectivity index (χ1) is 13.5. The van der Waals surface area contributed by atoms with Gasteiger partial charge in [-0.05, 0) is 48.5 Å². The molecule has 0 saturated carbocycles. The lowest BCUT2D eigenvalue weighted by atomic mass is 10.2. The Morgan fingerprint density at radius 1 is 0.929 bits per heavy atom. The van der Waals surface area contributed by atoms with Crippen molar-refractivity contribution in [3.63, 3.8) is 0 Å². The number of nitrogens with one attached hydrogen (secondary N) is 2. The normalized spacial score (nSPS) is 10.2. The zero-order valence-electron chi connectivity index (χ0n) is 15.1. The smallest absolute Gasteiger partial charge is 0.291 e. The van der Waals surface area contributed by atoms with Crippen LogP contribution in [0.3, 0.4) is 0 Å². The molecule has 2 amide bonds. The first-order valence-electron chi connectivity index (χ1n) is 8.19. The van der Waals surface area contributed by atoms with Crippen LogP contribution in [0.4, 0.5) is 11.4 Å². The summed E-state index contributed by atoms with van der Waals surface area (Å²) in [4.78, 5) is 24.7. The molecule has 0 atom stereocenters. The number of hydrogen-bond donors (Lipinski definition) is 2. The van der Waals surface area contributed by atoms with Crippen LogP contribution in [0.5, 0.6) is 11.5 Å². The number of ether oxygens (including phenoxy) is 2. The maximum Gasteiger partial charge on any atom is 0.291 e. The van der Waals surface area contributed by atoms with E-state index in [0.29, 0.717) is 33.5 Å². The summed E-state index contributed by atoms with van der Waals surface area (Å²) in [6.07, 6.45) is 1.41. The number of furan rings is 1. The third kappa shape index (κ3) is 4.27. The number of benzene rings is 2. The summed E-state index contributed by atoms with van der Waals surface area (Å²) in [7, 11) is 2.98. The number of methoxy groups -OCH3 is 2. The number of halogens is 1. The average molecular weight is 401 g/mol. The monoisotopic (exact) mass is 400 g/mol. The zero-order valence-corrected chi connectivity index (χ0v) is 15.9. The molecule has 2 aromatic carbocycles. The first-order valence-corrected chi connectivity index (χ1v) is 8.57. The van der Waals surface area contributed by atoms with Crippen molar-refractivity contribution in [2.45, 2.75) is 0 Å². The molecule has 8 heteroatoms. The van der Waals surface area contributed by atoms with Gasteiger partial charge in [-0.25, -0.2) is 0 Å². The van der Waals surface area contributed by atoms with E-state index >= 15 is 0 Å². The molecule has 0 bridgehead atoms. The lowest BCUT2D eigenvalue weighted by Crippen LogP contribution is -2.14. The van der Waals surface area contributed by atoms with Crippen molar-refractivity contribution in [1.82, 2.24) is 0 Å². The molecule has 0 saturated heterocycles. The minimum absolute atomic E-state index is 0.175. The van der Waals surface area contributed by atoms with Gasteiger partial charge < -0.3 is 24.5 Å².